The predicted molar refractivity (Wildman–Crippen MR) is 136 cm³/mol. The van der Waals surface area contributed by atoms with Crippen molar-refractivity contribution in [3.63, 3.8) is 0 Å². The van der Waals surface area contributed by atoms with Gasteiger partial charge in [-0.05, 0) is 65.0 Å². The van der Waals surface area contributed by atoms with Crippen LogP contribution in [0.4, 0.5) is 4.79 Å². The van der Waals surface area contributed by atoms with E-state index >= 15 is 0 Å². The number of alkyl carbamates (subject to hydrolysis) is 1. The lowest BCUT2D eigenvalue weighted by atomic mass is 9.88. The van der Waals surface area contributed by atoms with E-state index in [1.807, 2.05) is 61.5 Å². The molecule has 0 spiro atoms. The summed E-state index contributed by atoms with van der Waals surface area (Å²) in [5.41, 5.74) is 2.05. The van der Waals surface area contributed by atoms with E-state index in [1.54, 1.807) is 32.6 Å². The topological polar surface area (TPSA) is 87.7 Å². The molecule has 0 bridgehead atoms. The summed E-state index contributed by atoms with van der Waals surface area (Å²) in [5.74, 6) is -0.550. The molecule has 188 valence electrons. The second-order valence-electron chi connectivity index (χ2n) is 10.2. The molecular formula is C28H37N3O4. The predicted octanol–water partition coefficient (Wildman–Crippen LogP) is 4.65. The lowest BCUT2D eigenvalue weighted by Crippen LogP contribution is -2.56. The van der Waals surface area contributed by atoms with Gasteiger partial charge in [0.25, 0.3) is 0 Å². The summed E-state index contributed by atoms with van der Waals surface area (Å²) < 4.78 is 5.33. The molecule has 1 aliphatic carbocycles. The maximum absolute atomic E-state index is 13.7. The number of hydrogen-bond acceptors (Lipinski definition) is 4. The molecule has 2 atom stereocenters. The van der Waals surface area contributed by atoms with Gasteiger partial charge < -0.3 is 20.3 Å². The van der Waals surface area contributed by atoms with Gasteiger partial charge >= 0.3 is 6.09 Å². The van der Waals surface area contributed by atoms with E-state index in [9.17, 15) is 14.4 Å². The Morgan fingerprint density at radius 2 is 1.74 bits per heavy atom. The number of aryl methyl sites for hydroxylation is 1. The van der Waals surface area contributed by atoms with Crippen LogP contribution in [0.25, 0.3) is 0 Å². The zero-order valence-corrected chi connectivity index (χ0v) is 21.3. The maximum atomic E-state index is 13.7. The fraction of sp³-hybridized carbons (Fsp3) is 0.464. The average molecular weight is 480 g/mol. The van der Waals surface area contributed by atoms with E-state index in [2.05, 4.69) is 10.6 Å². The van der Waals surface area contributed by atoms with Crippen LogP contribution in [0, 0.1) is 6.92 Å². The Labute approximate surface area is 208 Å². The summed E-state index contributed by atoms with van der Waals surface area (Å²) >= 11 is 0. The molecule has 7 nitrogen and oxygen atoms in total. The standard InChI is InChI=1S/C28H37N3O4/c1-19-11-9-14-22(17-19)24(25(32)29-18-21-12-7-6-8-13-21)31(23-15-10-16-23)26(33)20(2)30-27(34)35-28(3,4)5/h6-9,11-14,17,20,23-24H,10,15-16,18H2,1-5H3,(H,29,32)(H,30,34). The zero-order chi connectivity index (χ0) is 25.6. The van der Waals surface area contributed by atoms with Crippen LogP contribution in [0.15, 0.2) is 54.6 Å². The van der Waals surface area contributed by atoms with E-state index in [0.717, 1.165) is 36.0 Å². The second-order valence-corrected chi connectivity index (χ2v) is 10.2. The van der Waals surface area contributed by atoms with Crippen molar-refractivity contribution in [3.8, 4) is 0 Å². The van der Waals surface area contributed by atoms with Crippen LogP contribution in [-0.4, -0.2) is 40.5 Å². The van der Waals surface area contributed by atoms with Crippen molar-refractivity contribution in [2.45, 2.75) is 84.2 Å². The lowest BCUT2D eigenvalue weighted by Gasteiger charge is -2.43. The van der Waals surface area contributed by atoms with E-state index in [4.69, 9.17) is 4.74 Å². The Morgan fingerprint density at radius 1 is 1.06 bits per heavy atom. The van der Waals surface area contributed by atoms with Crippen LogP contribution < -0.4 is 10.6 Å². The largest absolute Gasteiger partial charge is 0.444 e. The third kappa shape index (κ3) is 7.31. The SMILES string of the molecule is Cc1cccc(C(C(=O)NCc2ccccc2)N(C(=O)C(C)NC(=O)OC(C)(C)C)C2CCC2)c1. The molecule has 0 aromatic heterocycles. The third-order valence-corrected chi connectivity index (χ3v) is 6.02. The normalized spacial score (nSPS) is 15.3. The van der Waals surface area contributed by atoms with Gasteiger partial charge in [-0.1, -0.05) is 60.2 Å². The maximum Gasteiger partial charge on any atom is 0.408 e. The number of carbonyl (C=O) groups is 3. The number of nitrogens with zero attached hydrogens (tertiary/aromatic N) is 1. The van der Waals surface area contributed by atoms with E-state index in [0.29, 0.717) is 6.54 Å². The molecule has 1 fully saturated rings. The molecule has 0 aliphatic heterocycles. The quantitative estimate of drug-likeness (QED) is 0.577. The summed E-state index contributed by atoms with van der Waals surface area (Å²) in [7, 11) is 0. The highest BCUT2D eigenvalue weighted by molar-refractivity contribution is 5.92. The number of hydrogen-bond donors (Lipinski definition) is 2. The number of nitrogens with one attached hydrogen (secondary N) is 2. The zero-order valence-electron chi connectivity index (χ0n) is 21.3. The molecule has 7 heteroatoms. The molecule has 3 rings (SSSR count). The number of ether oxygens (including phenoxy) is 1. The van der Waals surface area contributed by atoms with Gasteiger partial charge in [0.15, 0.2) is 0 Å². The number of benzene rings is 2. The molecule has 35 heavy (non-hydrogen) atoms. The first-order valence-electron chi connectivity index (χ1n) is 12.2. The van der Waals surface area contributed by atoms with Crippen molar-refractivity contribution >= 4 is 17.9 Å². The molecule has 3 amide bonds. The molecular weight excluding hydrogens is 442 g/mol. The lowest BCUT2D eigenvalue weighted by molar-refractivity contribution is -0.147. The van der Waals surface area contributed by atoms with Gasteiger partial charge in [0.1, 0.15) is 17.7 Å². The van der Waals surface area contributed by atoms with Crippen molar-refractivity contribution in [1.29, 1.82) is 0 Å². The molecule has 2 aromatic carbocycles. The van der Waals surface area contributed by atoms with Crippen molar-refractivity contribution in [2.24, 2.45) is 0 Å². The van der Waals surface area contributed by atoms with Gasteiger partial charge in [-0.15, -0.1) is 0 Å². The molecule has 0 heterocycles. The van der Waals surface area contributed by atoms with Crippen molar-refractivity contribution in [1.82, 2.24) is 15.5 Å². The molecule has 0 saturated heterocycles. The van der Waals surface area contributed by atoms with Gasteiger partial charge in [0.2, 0.25) is 11.8 Å². The van der Waals surface area contributed by atoms with Gasteiger partial charge in [0, 0.05) is 12.6 Å². The van der Waals surface area contributed by atoms with Crippen LogP contribution in [0.3, 0.4) is 0 Å². The Bertz CT molecular complexity index is 1030. The molecule has 1 saturated carbocycles. The van der Waals surface area contributed by atoms with Gasteiger partial charge in [-0.2, -0.15) is 0 Å². The van der Waals surface area contributed by atoms with Gasteiger partial charge in [0.05, 0.1) is 0 Å². The van der Waals surface area contributed by atoms with Crippen LogP contribution in [0.1, 0.15) is 69.7 Å². The average Bonchev–Trinajstić information content (AvgIpc) is 2.75. The molecule has 2 unspecified atom stereocenters. The van der Waals surface area contributed by atoms with Crippen molar-refractivity contribution in [3.05, 3.63) is 71.3 Å². The fourth-order valence-electron chi connectivity index (χ4n) is 4.11. The summed E-state index contributed by atoms with van der Waals surface area (Å²) in [6.07, 6.45) is 1.97. The minimum absolute atomic E-state index is 0.0709. The molecule has 2 aromatic rings. The fourth-order valence-corrected chi connectivity index (χ4v) is 4.11. The Morgan fingerprint density at radius 3 is 2.31 bits per heavy atom. The molecule has 0 radical (unpaired) electrons. The Kier molecular flexibility index (Phi) is 8.54. The first-order chi connectivity index (χ1) is 16.5. The van der Waals surface area contributed by atoms with Crippen LogP contribution in [-0.2, 0) is 20.9 Å². The highest BCUT2D eigenvalue weighted by Gasteiger charge is 2.40. The summed E-state index contributed by atoms with van der Waals surface area (Å²) in [4.78, 5) is 41.4. The third-order valence-electron chi connectivity index (χ3n) is 6.02. The van der Waals surface area contributed by atoms with Crippen molar-refractivity contribution in [2.75, 3.05) is 0 Å². The van der Waals surface area contributed by atoms with E-state index < -0.39 is 23.8 Å². The van der Waals surface area contributed by atoms with Gasteiger partial charge in [-0.3, -0.25) is 9.59 Å². The highest BCUT2D eigenvalue weighted by Crippen LogP contribution is 2.34. The first-order valence-corrected chi connectivity index (χ1v) is 12.2. The van der Waals surface area contributed by atoms with Crippen LogP contribution >= 0.6 is 0 Å². The second kappa shape index (κ2) is 11.4. The van der Waals surface area contributed by atoms with Crippen LogP contribution in [0.2, 0.25) is 0 Å². The number of carbonyl (C=O) groups excluding carboxylic acids is 3. The Balaban J connectivity index is 1.88. The van der Waals surface area contributed by atoms with E-state index in [1.165, 1.54) is 0 Å². The highest BCUT2D eigenvalue weighted by atomic mass is 16.6. The minimum Gasteiger partial charge on any atom is -0.444 e. The van der Waals surface area contributed by atoms with Gasteiger partial charge in [-0.25, -0.2) is 4.79 Å². The Hall–Kier alpha value is -3.35. The first kappa shape index (κ1) is 26.3. The molecule has 1 aliphatic rings. The monoisotopic (exact) mass is 479 g/mol. The summed E-state index contributed by atoms with van der Waals surface area (Å²) in [6.45, 7) is 9.26. The van der Waals surface area contributed by atoms with E-state index in [-0.39, 0.29) is 17.9 Å². The number of rotatable bonds is 8. The summed E-state index contributed by atoms with van der Waals surface area (Å²) in [5, 5.41) is 5.67. The minimum atomic E-state index is -0.848. The van der Waals surface area contributed by atoms with Crippen LogP contribution in [0.5, 0.6) is 0 Å². The smallest absolute Gasteiger partial charge is 0.408 e. The number of amides is 3. The molecule has 2 N–H and O–H groups in total. The summed E-state index contributed by atoms with van der Waals surface area (Å²) in [6, 6.07) is 15.6. The van der Waals surface area contributed by atoms with Crippen molar-refractivity contribution < 1.29 is 19.1 Å².